The molecule has 0 spiro atoms. The van der Waals surface area contributed by atoms with Gasteiger partial charge in [-0.3, -0.25) is 4.98 Å². The van der Waals surface area contributed by atoms with Crippen molar-refractivity contribution in [2.45, 2.75) is 12.8 Å². The number of benzene rings is 2. The highest BCUT2D eigenvalue weighted by atomic mass is 16.7. The molecule has 1 heterocycles. The van der Waals surface area contributed by atoms with E-state index in [1.807, 2.05) is 18.2 Å². The van der Waals surface area contributed by atoms with Crippen molar-refractivity contribution in [2.75, 3.05) is 35.5 Å². The van der Waals surface area contributed by atoms with Crippen LogP contribution in [0.15, 0.2) is 24.4 Å². The molecular formula is C23H23NO7. The third-order valence-corrected chi connectivity index (χ3v) is 5.41. The number of carbonyl (C=O) groups is 1. The van der Waals surface area contributed by atoms with E-state index in [9.17, 15) is 4.79 Å². The molecule has 0 amide bonds. The van der Waals surface area contributed by atoms with Crippen molar-refractivity contribution in [3.8, 4) is 39.9 Å². The standard InChI is InChI=1S/C23H23NO7/c1-26-15-11-13-8-9-24-14-7-6-12-10-16(27-2)21(28-3)22(29-4)18(12)19(17(13)14)20(15)31-23(25)30-5/h8-11H,6-7H2,1-5H3. The third-order valence-electron chi connectivity index (χ3n) is 5.41. The molecule has 2 aromatic carbocycles. The molecule has 8 heteroatoms. The zero-order valence-electron chi connectivity index (χ0n) is 18.0. The molecule has 31 heavy (non-hydrogen) atoms. The van der Waals surface area contributed by atoms with Crippen LogP contribution in [0.4, 0.5) is 4.79 Å². The number of pyridine rings is 1. The van der Waals surface area contributed by atoms with Crippen molar-refractivity contribution in [1.29, 1.82) is 0 Å². The largest absolute Gasteiger partial charge is 0.513 e. The van der Waals surface area contributed by atoms with Crippen LogP contribution in [-0.4, -0.2) is 46.7 Å². The molecule has 0 saturated carbocycles. The van der Waals surface area contributed by atoms with Gasteiger partial charge in [-0.25, -0.2) is 4.79 Å². The van der Waals surface area contributed by atoms with Crippen molar-refractivity contribution in [3.05, 3.63) is 35.7 Å². The van der Waals surface area contributed by atoms with E-state index in [2.05, 4.69) is 4.98 Å². The Balaban J connectivity index is 2.21. The van der Waals surface area contributed by atoms with Crippen molar-refractivity contribution in [1.82, 2.24) is 4.98 Å². The van der Waals surface area contributed by atoms with Gasteiger partial charge in [-0.15, -0.1) is 0 Å². The first-order valence-electron chi connectivity index (χ1n) is 9.64. The zero-order valence-corrected chi connectivity index (χ0v) is 18.0. The number of aryl methyl sites for hydroxylation is 2. The van der Waals surface area contributed by atoms with Crippen LogP contribution in [0.5, 0.6) is 28.7 Å². The van der Waals surface area contributed by atoms with E-state index in [0.717, 1.165) is 27.6 Å². The van der Waals surface area contributed by atoms with Crippen LogP contribution in [-0.2, 0) is 17.6 Å². The van der Waals surface area contributed by atoms with Gasteiger partial charge >= 0.3 is 6.16 Å². The summed E-state index contributed by atoms with van der Waals surface area (Å²) < 4.78 is 32.9. The van der Waals surface area contributed by atoms with Crippen LogP contribution >= 0.6 is 0 Å². The second kappa shape index (κ2) is 8.22. The van der Waals surface area contributed by atoms with Gasteiger partial charge in [0, 0.05) is 28.4 Å². The third kappa shape index (κ3) is 3.24. The van der Waals surface area contributed by atoms with Crippen LogP contribution in [0.1, 0.15) is 11.3 Å². The summed E-state index contributed by atoms with van der Waals surface area (Å²) >= 11 is 0. The Bertz CT molecular complexity index is 1170. The Morgan fingerprint density at radius 2 is 1.55 bits per heavy atom. The lowest BCUT2D eigenvalue weighted by atomic mass is 9.93. The van der Waals surface area contributed by atoms with Gasteiger partial charge < -0.3 is 28.4 Å². The number of nitrogens with zero attached hydrogens (tertiary/aromatic N) is 1. The van der Waals surface area contributed by atoms with E-state index in [1.165, 1.54) is 14.2 Å². The number of rotatable bonds is 5. The summed E-state index contributed by atoms with van der Waals surface area (Å²) in [5.41, 5.74) is 3.18. The Labute approximate surface area is 179 Å². The number of ether oxygens (including phenoxy) is 6. The number of aromatic nitrogens is 1. The molecule has 0 unspecified atom stereocenters. The molecule has 1 aliphatic carbocycles. The summed E-state index contributed by atoms with van der Waals surface area (Å²) in [6.45, 7) is 0. The maximum absolute atomic E-state index is 12.1. The van der Waals surface area contributed by atoms with Crippen molar-refractivity contribution >= 4 is 16.9 Å². The van der Waals surface area contributed by atoms with Gasteiger partial charge in [0.05, 0.1) is 35.5 Å². The number of carbonyl (C=O) groups excluding carboxylic acids is 1. The Morgan fingerprint density at radius 3 is 2.19 bits per heavy atom. The number of methoxy groups -OCH3 is 5. The molecule has 1 aromatic heterocycles. The summed E-state index contributed by atoms with van der Waals surface area (Å²) in [6, 6.07) is 5.63. The van der Waals surface area contributed by atoms with Crippen molar-refractivity contribution in [3.63, 3.8) is 0 Å². The predicted octanol–water partition coefficient (Wildman–Crippen LogP) is 4.18. The highest BCUT2D eigenvalue weighted by molar-refractivity contribution is 6.06. The van der Waals surface area contributed by atoms with Gasteiger partial charge in [-0.1, -0.05) is 0 Å². The van der Waals surface area contributed by atoms with Crippen LogP contribution in [0.2, 0.25) is 0 Å². The summed E-state index contributed by atoms with van der Waals surface area (Å²) in [4.78, 5) is 16.7. The summed E-state index contributed by atoms with van der Waals surface area (Å²) in [5.74, 6) is 2.07. The number of fused-ring (bicyclic) bond motifs is 2. The minimum Gasteiger partial charge on any atom is -0.493 e. The summed E-state index contributed by atoms with van der Waals surface area (Å²) in [7, 11) is 7.45. The smallest absolute Gasteiger partial charge is 0.493 e. The Hall–Kier alpha value is -3.68. The fraction of sp³-hybridized carbons (Fsp3) is 0.304. The van der Waals surface area contributed by atoms with Gasteiger partial charge in [-0.05, 0) is 42.0 Å². The van der Waals surface area contributed by atoms with Crippen LogP contribution in [0.3, 0.4) is 0 Å². The van der Waals surface area contributed by atoms with E-state index in [4.69, 9.17) is 28.4 Å². The van der Waals surface area contributed by atoms with Gasteiger partial charge in [0.2, 0.25) is 5.75 Å². The van der Waals surface area contributed by atoms with Crippen molar-refractivity contribution < 1.29 is 33.2 Å². The maximum atomic E-state index is 12.1. The second-order valence-corrected chi connectivity index (χ2v) is 6.87. The first-order valence-corrected chi connectivity index (χ1v) is 9.64. The molecule has 0 bridgehead atoms. The summed E-state index contributed by atoms with van der Waals surface area (Å²) in [5, 5.41) is 1.75. The SMILES string of the molecule is COC(=O)Oc1c(OC)cc2ccnc3c2c1-c1c(cc(OC)c(OC)c1OC)CC3. The predicted molar refractivity (Wildman–Crippen MR) is 114 cm³/mol. The molecule has 4 rings (SSSR count). The minimum atomic E-state index is -0.857. The minimum absolute atomic E-state index is 0.227. The van der Waals surface area contributed by atoms with Gasteiger partial charge in [0.15, 0.2) is 23.0 Å². The van der Waals surface area contributed by atoms with E-state index in [1.54, 1.807) is 27.5 Å². The van der Waals surface area contributed by atoms with Gasteiger partial charge in [0.1, 0.15) is 0 Å². The monoisotopic (exact) mass is 425 g/mol. The second-order valence-electron chi connectivity index (χ2n) is 6.87. The van der Waals surface area contributed by atoms with Crippen LogP contribution < -0.4 is 23.7 Å². The average Bonchev–Trinajstić information content (AvgIpc) is 2.97. The lowest BCUT2D eigenvalue weighted by Gasteiger charge is -2.22. The Morgan fingerprint density at radius 1 is 0.839 bits per heavy atom. The lowest BCUT2D eigenvalue weighted by molar-refractivity contribution is 0.120. The molecule has 0 N–H and O–H groups in total. The molecule has 0 saturated heterocycles. The fourth-order valence-electron chi connectivity index (χ4n) is 4.11. The topological polar surface area (TPSA) is 85.3 Å². The van der Waals surface area contributed by atoms with Gasteiger partial charge in [-0.2, -0.15) is 0 Å². The number of hydrogen-bond donors (Lipinski definition) is 0. The van der Waals surface area contributed by atoms with E-state index < -0.39 is 6.16 Å². The van der Waals surface area contributed by atoms with Crippen molar-refractivity contribution in [2.24, 2.45) is 0 Å². The highest BCUT2D eigenvalue weighted by Crippen LogP contribution is 2.54. The normalized spacial score (nSPS) is 11.9. The summed E-state index contributed by atoms with van der Waals surface area (Å²) in [6.07, 6.45) is 2.26. The van der Waals surface area contributed by atoms with Crippen LogP contribution in [0.25, 0.3) is 21.9 Å². The molecule has 162 valence electrons. The molecule has 0 atom stereocenters. The maximum Gasteiger partial charge on any atom is 0.513 e. The molecule has 8 nitrogen and oxygen atoms in total. The first kappa shape index (κ1) is 20.6. The zero-order chi connectivity index (χ0) is 22.1. The average molecular weight is 425 g/mol. The van der Waals surface area contributed by atoms with E-state index >= 15 is 0 Å². The first-order chi connectivity index (χ1) is 15.1. The molecular weight excluding hydrogens is 402 g/mol. The fourth-order valence-corrected chi connectivity index (χ4v) is 4.11. The Kier molecular flexibility index (Phi) is 5.46. The van der Waals surface area contributed by atoms with Gasteiger partial charge in [0.25, 0.3) is 0 Å². The highest BCUT2D eigenvalue weighted by Gasteiger charge is 2.31. The van der Waals surface area contributed by atoms with E-state index in [-0.39, 0.29) is 5.75 Å². The number of hydrogen-bond acceptors (Lipinski definition) is 8. The molecule has 0 fully saturated rings. The lowest BCUT2D eigenvalue weighted by Crippen LogP contribution is -2.10. The molecule has 3 aromatic rings. The molecule has 1 aliphatic rings. The molecule has 0 aliphatic heterocycles. The van der Waals surface area contributed by atoms with E-state index in [0.29, 0.717) is 41.4 Å². The molecule has 0 radical (unpaired) electrons. The van der Waals surface area contributed by atoms with Crippen LogP contribution in [0, 0.1) is 0 Å². The quantitative estimate of drug-likeness (QED) is 0.445.